The second kappa shape index (κ2) is 4.98. The van der Waals surface area contributed by atoms with Crippen molar-refractivity contribution in [2.45, 2.75) is 26.9 Å². The van der Waals surface area contributed by atoms with Gasteiger partial charge in [0.1, 0.15) is 11.9 Å². The van der Waals surface area contributed by atoms with E-state index in [1.807, 2.05) is 26.0 Å². The van der Waals surface area contributed by atoms with Crippen LogP contribution >= 0.6 is 23.6 Å². The van der Waals surface area contributed by atoms with E-state index in [0.29, 0.717) is 3.95 Å². The Balaban J connectivity index is 2.18. The van der Waals surface area contributed by atoms with Gasteiger partial charge in [-0.05, 0) is 44.6 Å². The molecule has 1 aromatic heterocycles. The summed E-state index contributed by atoms with van der Waals surface area (Å²) in [7, 11) is 0. The molecule has 0 amide bonds. The number of nitrogens with zero attached hydrogens (tertiary/aromatic N) is 1. The first-order chi connectivity index (χ1) is 8.06. The van der Waals surface area contributed by atoms with Crippen LogP contribution in [0.25, 0.3) is 0 Å². The van der Waals surface area contributed by atoms with E-state index in [1.54, 1.807) is 0 Å². The molecular formula is C12H14N2OS2. The number of hydrogen-bond acceptors (Lipinski definition) is 4. The summed E-state index contributed by atoms with van der Waals surface area (Å²) >= 11 is 6.45. The molecule has 0 saturated heterocycles. The van der Waals surface area contributed by atoms with E-state index in [1.165, 1.54) is 16.9 Å². The van der Waals surface area contributed by atoms with Crippen molar-refractivity contribution in [3.8, 4) is 5.75 Å². The van der Waals surface area contributed by atoms with Crippen LogP contribution in [-0.4, -0.2) is 10.2 Å². The Hall–Kier alpha value is -1.20. The summed E-state index contributed by atoms with van der Waals surface area (Å²) < 4.78 is 6.56. The second-order valence-electron chi connectivity index (χ2n) is 3.98. The first-order valence-electron chi connectivity index (χ1n) is 5.35. The molecule has 0 fully saturated rings. The summed E-state index contributed by atoms with van der Waals surface area (Å²) in [6.07, 6.45) is -0.0886. The Morgan fingerprint density at radius 1 is 1.41 bits per heavy atom. The number of hydrogen-bond donors (Lipinski definition) is 1. The van der Waals surface area contributed by atoms with Crippen LogP contribution in [0.1, 0.15) is 29.2 Å². The van der Waals surface area contributed by atoms with Crippen molar-refractivity contribution in [1.82, 2.24) is 10.2 Å². The summed E-state index contributed by atoms with van der Waals surface area (Å²) in [6, 6.07) is 6.14. The molecule has 0 aliphatic heterocycles. The van der Waals surface area contributed by atoms with Gasteiger partial charge in [0.15, 0.2) is 8.96 Å². The van der Waals surface area contributed by atoms with Crippen molar-refractivity contribution in [3.63, 3.8) is 0 Å². The Morgan fingerprint density at radius 2 is 2.18 bits per heavy atom. The summed E-state index contributed by atoms with van der Waals surface area (Å²) in [5, 5.41) is 7.76. The standard InChI is InChI=1S/C12H14N2OS2/c1-7-4-5-10(8(2)6-7)15-9(3)11-13-14-12(16)17-11/h4-6,9H,1-3H3,(H,14,16). The highest BCUT2D eigenvalue weighted by atomic mass is 32.1. The molecular weight excluding hydrogens is 252 g/mol. The first kappa shape index (κ1) is 12.3. The average molecular weight is 266 g/mol. The molecule has 0 saturated carbocycles. The maximum Gasteiger partial charge on any atom is 0.176 e. The fourth-order valence-corrected chi connectivity index (χ4v) is 2.48. The van der Waals surface area contributed by atoms with Crippen LogP contribution in [0.5, 0.6) is 5.75 Å². The van der Waals surface area contributed by atoms with Crippen molar-refractivity contribution >= 4 is 23.6 Å². The van der Waals surface area contributed by atoms with Crippen LogP contribution in [-0.2, 0) is 0 Å². The van der Waals surface area contributed by atoms with Gasteiger partial charge in [-0.1, -0.05) is 29.0 Å². The molecule has 0 bridgehead atoms. The quantitative estimate of drug-likeness (QED) is 0.855. The fraction of sp³-hybridized carbons (Fsp3) is 0.333. The molecule has 90 valence electrons. The Labute approximate surface area is 109 Å². The molecule has 0 spiro atoms. The molecule has 1 unspecified atom stereocenters. The van der Waals surface area contributed by atoms with Crippen molar-refractivity contribution in [2.75, 3.05) is 0 Å². The fourth-order valence-electron chi connectivity index (χ4n) is 1.59. The molecule has 2 aromatic rings. The van der Waals surface area contributed by atoms with Gasteiger partial charge < -0.3 is 4.74 Å². The zero-order chi connectivity index (χ0) is 12.4. The monoisotopic (exact) mass is 266 g/mol. The zero-order valence-corrected chi connectivity index (χ0v) is 11.6. The van der Waals surface area contributed by atoms with Crippen LogP contribution in [0.4, 0.5) is 0 Å². The number of aromatic amines is 1. The number of benzene rings is 1. The predicted octanol–water partition coefficient (Wildman–Crippen LogP) is 3.96. The molecule has 1 N–H and O–H groups in total. The van der Waals surface area contributed by atoms with Crippen molar-refractivity contribution in [1.29, 1.82) is 0 Å². The maximum absolute atomic E-state index is 5.88. The van der Waals surface area contributed by atoms with Crippen LogP contribution in [0.2, 0.25) is 0 Å². The molecule has 1 atom stereocenters. The minimum atomic E-state index is -0.0886. The highest BCUT2D eigenvalue weighted by molar-refractivity contribution is 7.73. The summed E-state index contributed by atoms with van der Waals surface area (Å²) in [5.74, 6) is 0.893. The minimum Gasteiger partial charge on any atom is -0.483 e. The van der Waals surface area contributed by atoms with Gasteiger partial charge in [-0.15, -0.1) is 0 Å². The van der Waals surface area contributed by atoms with Crippen molar-refractivity contribution in [2.24, 2.45) is 0 Å². The normalized spacial score (nSPS) is 12.4. The highest BCUT2D eigenvalue weighted by Gasteiger charge is 2.12. The minimum absolute atomic E-state index is 0.0886. The third-order valence-electron chi connectivity index (χ3n) is 2.44. The Bertz CT molecular complexity index is 574. The lowest BCUT2D eigenvalue weighted by molar-refractivity contribution is 0.224. The lowest BCUT2D eigenvalue weighted by Crippen LogP contribution is -2.03. The molecule has 17 heavy (non-hydrogen) atoms. The van der Waals surface area contributed by atoms with Gasteiger partial charge in [-0.2, -0.15) is 5.10 Å². The number of aromatic nitrogens is 2. The predicted molar refractivity (Wildman–Crippen MR) is 72.3 cm³/mol. The third-order valence-corrected chi connectivity index (χ3v) is 3.69. The molecule has 1 heterocycles. The van der Waals surface area contributed by atoms with Crippen LogP contribution in [0, 0.1) is 17.8 Å². The average Bonchev–Trinajstić information content (AvgIpc) is 2.69. The second-order valence-corrected chi connectivity index (χ2v) is 5.68. The van der Waals surface area contributed by atoms with Gasteiger partial charge in [-0.3, -0.25) is 5.10 Å². The third kappa shape index (κ3) is 2.92. The van der Waals surface area contributed by atoms with E-state index < -0.39 is 0 Å². The zero-order valence-electron chi connectivity index (χ0n) is 9.98. The van der Waals surface area contributed by atoms with E-state index in [0.717, 1.165) is 16.3 Å². The SMILES string of the molecule is Cc1ccc(OC(C)c2n[nH]c(=S)s2)c(C)c1. The van der Waals surface area contributed by atoms with Gasteiger partial charge in [-0.25, -0.2) is 0 Å². The Kier molecular flexibility index (Phi) is 3.59. The van der Waals surface area contributed by atoms with Crippen LogP contribution < -0.4 is 4.74 Å². The largest absolute Gasteiger partial charge is 0.483 e. The van der Waals surface area contributed by atoms with E-state index >= 15 is 0 Å². The smallest absolute Gasteiger partial charge is 0.176 e. The molecule has 1 aromatic carbocycles. The molecule has 3 nitrogen and oxygen atoms in total. The molecule has 0 radical (unpaired) electrons. The number of rotatable bonds is 3. The van der Waals surface area contributed by atoms with Crippen LogP contribution in [0.3, 0.4) is 0 Å². The first-order valence-corrected chi connectivity index (χ1v) is 6.58. The van der Waals surface area contributed by atoms with Crippen LogP contribution in [0.15, 0.2) is 18.2 Å². The Morgan fingerprint density at radius 3 is 2.76 bits per heavy atom. The molecule has 5 heteroatoms. The number of aryl methyl sites for hydroxylation is 2. The van der Waals surface area contributed by atoms with Crippen molar-refractivity contribution < 1.29 is 4.74 Å². The summed E-state index contributed by atoms with van der Waals surface area (Å²) in [4.78, 5) is 0. The van der Waals surface area contributed by atoms with E-state index in [4.69, 9.17) is 17.0 Å². The number of H-pyrrole nitrogens is 1. The number of nitrogens with one attached hydrogen (secondary N) is 1. The van der Waals surface area contributed by atoms with Gasteiger partial charge in [0, 0.05) is 0 Å². The van der Waals surface area contributed by atoms with E-state index in [2.05, 4.69) is 23.2 Å². The molecule has 0 aliphatic rings. The topological polar surface area (TPSA) is 37.9 Å². The molecule has 0 aliphatic carbocycles. The summed E-state index contributed by atoms with van der Waals surface area (Å²) in [5.41, 5.74) is 2.37. The highest BCUT2D eigenvalue weighted by Crippen LogP contribution is 2.26. The summed E-state index contributed by atoms with van der Waals surface area (Å²) in [6.45, 7) is 6.09. The van der Waals surface area contributed by atoms with E-state index in [9.17, 15) is 0 Å². The van der Waals surface area contributed by atoms with Crippen molar-refractivity contribution in [3.05, 3.63) is 38.3 Å². The lowest BCUT2D eigenvalue weighted by Gasteiger charge is -2.14. The van der Waals surface area contributed by atoms with E-state index in [-0.39, 0.29) is 6.10 Å². The van der Waals surface area contributed by atoms with Gasteiger partial charge in [0.2, 0.25) is 0 Å². The van der Waals surface area contributed by atoms with Gasteiger partial charge in [0.25, 0.3) is 0 Å². The van der Waals surface area contributed by atoms with Gasteiger partial charge in [0.05, 0.1) is 0 Å². The van der Waals surface area contributed by atoms with Gasteiger partial charge >= 0.3 is 0 Å². The maximum atomic E-state index is 5.88. The lowest BCUT2D eigenvalue weighted by atomic mass is 10.1. The number of ether oxygens (including phenoxy) is 1. The molecule has 2 rings (SSSR count).